The van der Waals surface area contributed by atoms with Crippen molar-refractivity contribution < 1.29 is 14.3 Å². The van der Waals surface area contributed by atoms with Crippen molar-refractivity contribution in [2.45, 2.75) is 26.2 Å². The fourth-order valence-electron chi connectivity index (χ4n) is 1.37. The number of thiocarbonyl (C=S) groups is 1. The van der Waals surface area contributed by atoms with Gasteiger partial charge in [0.05, 0.1) is 24.6 Å². The molecule has 0 atom stereocenters. The smallest absolute Gasteiger partial charge is 0.224 e. The van der Waals surface area contributed by atoms with Gasteiger partial charge in [-0.05, 0) is 6.42 Å². The lowest BCUT2D eigenvalue weighted by molar-refractivity contribution is -0.132. The highest BCUT2D eigenvalue weighted by molar-refractivity contribution is 7.80. The Labute approximate surface area is 115 Å². The minimum atomic E-state index is 0.0550. The summed E-state index contributed by atoms with van der Waals surface area (Å²) in [6.07, 6.45) is 1.89. The van der Waals surface area contributed by atoms with Gasteiger partial charge >= 0.3 is 0 Å². The second kappa shape index (κ2) is 11.4. The molecule has 0 rings (SSSR count). The van der Waals surface area contributed by atoms with Crippen molar-refractivity contribution in [1.29, 1.82) is 0 Å². The van der Waals surface area contributed by atoms with Crippen molar-refractivity contribution in [2.75, 3.05) is 40.0 Å². The van der Waals surface area contributed by atoms with Gasteiger partial charge < -0.3 is 20.1 Å². The average Bonchev–Trinajstić information content (AvgIpc) is 2.34. The molecule has 0 aliphatic rings. The van der Waals surface area contributed by atoms with Crippen LogP contribution < -0.4 is 5.73 Å². The van der Waals surface area contributed by atoms with Crippen molar-refractivity contribution in [1.82, 2.24) is 4.90 Å². The number of nitrogens with zero attached hydrogens (tertiary/aromatic N) is 1. The molecule has 5 nitrogen and oxygen atoms in total. The summed E-state index contributed by atoms with van der Waals surface area (Å²) in [5, 5.41) is 0. The summed E-state index contributed by atoms with van der Waals surface area (Å²) in [6, 6.07) is 0. The molecule has 0 aromatic heterocycles. The highest BCUT2D eigenvalue weighted by Crippen LogP contribution is 1.98. The van der Waals surface area contributed by atoms with Crippen molar-refractivity contribution in [3.8, 4) is 0 Å². The Bertz CT molecular complexity index is 249. The monoisotopic (exact) mass is 276 g/mol. The van der Waals surface area contributed by atoms with Crippen molar-refractivity contribution >= 4 is 23.1 Å². The van der Waals surface area contributed by atoms with E-state index in [0.717, 1.165) is 6.42 Å². The third-order valence-corrected chi connectivity index (χ3v) is 2.56. The van der Waals surface area contributed by atoms with E-state index in [1.807, 2.05) is 6.92 Å². The van der Waals surface area contributed by atoms with E-state index < -0.39 is 0 Å². The Balaban J connectivity index is 4.00. The Morgan fingerprint density at radius 2 is 1.94 bits per heavy atom. The fourth-order valence-corrected chi connectivity index (χ4v) is 1.46. The van der Waals surface area contributed by atoms with Crippen LogP contribution >= 0.6 is 12.2 Å². The molecule has 0 fully saturated rings. The number of amides is 1. The molecule has 18 heavy (non-hydrogen) atoms. The van der Waals surface area contributed by atoms with Crippen molar-refractivity contribution in [2.24, 2.45) is 5.73 Å². The first kappa shape index (κ1) is 17.3. The molecule has 0 spiro atoms. The van der Waals surface area contributed by atoms with E-state index in [2.05, 4.69) is 0 Å². The number of rotatable bonds is 11. The van der Waals surface area contributed by atoms with Crippen molar-refractivity contribution in [3.05, 3.63) is 0 Å². The molecule has 0 aliphatic carbocycles. The predicted octanol–water partition coefficient (Wildman–Crippen LogP) is 0.954. The zero-order valence-corrected chi connectivity index (χ0v) is 12.1. The van der Waals surface area contributed by atoms with Gasteiger partial charge in [-0.15, -0.1) is 0 Å². The Morgan fingerprint density at radius 1 is 1.22 bits per heavy atom. The molecule has 0 saturated carbocycles. The van der Waals surface area contributed by atoms with Crippen LogP contribution in [0.15, 0.2) is 0 Å². The topological polar surface area (TPSA) is 64.8 Å². The summed E-state index contributed by atoms with van der Waals surface area (Å²) in [5.74, 6) is 0.0550. The van der Waals surface area contributed by atoms with Crippen LogP contribution in [0.25, 0.3) is 0 Å². The molecule has 0 heterocycles. The van der Waals surface area contributed by atoms with E-state index in [1.54, 1.807) is 12.0 Å². The van der Waals surface area contributed by atoms with Crippen LogP contribution in [0.4, 0.5) is 0 Å². The first-order valence-electron chi connectivity index (χ1n) is 6.24. The largest absolute Gasteiger partial charge is 0.393 e. The number of ether oxygens (including phenoxy) is 2. The first-order valence-corrected chi connectivity index (χ1v) is 6.65. The van der Waals surface area contributed by atoms with Gasteiger partial charge in [0, 0.05) is 33.2 Å². The van der Waals surface area contributed by atoms with E-state index in [0.29, 0.717) is 50.7 Å². The van der Waals surface area contributed by atoms with E-state index in [4.69, 9.17) is 27.4 Å². The molecule has 0 saturated heterocycles. The van der Waals surface area contributed by atoms with Gasteiger partial charge in [0.15, 0.2) is 0 Å². The molecule has 106 valence electrons. The molecular weight excluding hydrogens is 252 g/mol. The molecular formula is C12H24N2O3S. The van der Waals surface area contributed by atoms with Crippen LogP contribution in [-0.2, 0) is 14.3 Å². The third-order valence-electron chi connectivity index (χ3n) is 2.35. The number of hydrogen-bond donors (Lipinski definition) is 1. The second-order valence-electron chi connectivity index (χ2n) is 3.95. The maximum absolute atomic E-state index is 11.9. The first-order chi connectivity index (χ1) is 8.61. The number of hydrogen-bond acceptors (Lipinski definition) is 4. The molecule has 1 amide bonds. The summed E-state index contributed by atoms with van der Waals surface area (Å²) in [5.41, 5.74) is 5.45. The number of nitrogens with two attached hydrogens (primary N) is 1. The van der Waals surface area contributed by atoms with Crippen LogP contribution in [0.1, 0.15) is 26.2 Å². The summed E-state index contributed by atoms with van der Waals surface area (Å²) >= 11 is 4.82. The maximum atomic E-state index is 11.9. The summed E-state index contributed by atoms with van der Waals surface area (Å²) < 4.78 is 10.3. The maximum Gasteiger partial charge on any atom is 0.224 e. The van der Waals surface area contributed by atoms with Crippen LogP contribution in [-0.4, -0.2) is 55.8 Å². The van der Waals surface area contributed by atoms with Crippen LogP contribution in [0, 0.1) is 0 Å². The standard InChI is InChI=1S/C12H24N2O3S/c1-3-8-17-9-5-12(15)14(7-10-16-2)6-4-11(13)18/h3-10H2,1-2H3,(H2,13,18). The van der Waals surface area contributed by atoms with Crippen molar-refractivity contribution in [3.63, 3.8) is 0 Å². The zero-order chi connectivity index (χ0) is 13.8. The second-order valence-corrected chi connectivity index (χ2v) is 4.48. The molecule has 0 aromatic rings. The van der Waals surface area contributed by atoms with Gasteiger partial charge in [0.25, 0.3) is 0 Å². The number of methoxy groups -OCH3 is 1. The van der Waals surface area contributed by atoms with Gasteiger partial charge in [-0.2, -0.15) is 0 Å². The zero-order valence-electron chi connectivity index (χ0n) is 11.3. The normalized spacial score (nSPS) is 10.3. The van der Waals surface area contributed by atoms with E-state index in [9.17, 15) is 4.79 Å². The van der Waals surface area contributed by atoms with Crippen LogP contribution in [0.2, 0.25) is 0 Å². The van der Waals surface area contributed by atoms with Gasteiger partial charge in [-0.1, -0.05) is 19.1 Å². The Hall–Kier alpha value is -0.720. The minimum absolute atomic E-state index is 0.0550. The SMILES string of the molecule is CCCOCCC(=O)N(CCOC)CCC(N)=S. The molecule has 0 aromatic carbocycles. The van der Waals surface area contributed by atoms with Gasteiger partial charge in [-0.3, -0.25) is 4.79 Å². The van der Waals surface area contributed by atoms with Crippen LogP contribution in [0.5, 0.6) is 0 Å². The summed E-state index contributed by atoms with van der Waals surface area (Å²) in [4.78, 5) is 14.1. The molecule has 0 unspecified atom stereocenters. The molecule has 0 bridgehead atoms. The van der Waals surface area contributed by atoms with E-state index in [1.165, 1.54) is 0 Å². The Morgan fingerprint density at radius 3 is 2.50 bits per heavy atom. The molecule has 0 radical (unpaired) electrons. The molecule has 6 heteroatoms. The fraction of sp³-hybridized carbons (Fsp3) is 0.833. The minimum Gasteiger partial charge on any atom is -0.393 e. The number of carbonyl (C=O) groups is 1. The van der Waals surface area contributed by atoms with Crippen LogP contribution in [0.3, 0.4) is 0 Å². The van der Waals surface area contributed by atoms with Gasteiger partial charge in [0.1, 0.15) is 0 Å². The molecule has 0 aliphatic heterocycles. The average molecular weight is 276 g/mol. The lowest BCUT2D eigenvalue weighted by Crippen LogP contribution is -2.36. The van der Waals surface area contributed by atoms with E-state index >= 15 is 0 Å². The van der Waals surface area contributed by atoms with Gasteiger partial charge in [0.2, 0.25) is 5.91 Å². The molecule has 2 N–H and O–H groups in total. The quantitative estimate of drug-likeness (QED) is 0.450. The van der Waals surface area contributed by atoms with E-state index in [-0.39, 0.29) is 5.91 Å². The Kier molecular flexibility index (Phi) is 10.9. The lowest BCUT2D eigenvalue weighted by Gasteiger charge is -2.22. The third kappa shape index (κ3) is 9.32. The summed E-state index contributed by atoms with van der Waals surface area (Å²) in [7, 11) is 1.61. The highest BCUT2D eigenvalue weighted by Gasteiger charge is 2.13. The van der Waals surface area contributed by atoms with Gasteiger partial charge in [-0.25, -0.2) is 0 Å². The lowest BCUT2D eigenvalue weighted by atomic mass is 10.3. The highest BCUT2D eigenvalue weighted by atomic mass is 32.1. The summed E-state index contributed by atoms with van der Waals surface area (Å²) in [6.45, 7) is 4.81. The predicted molar refractivity (Wildman–Crippen MR) is 75.6 cm³/mol. The number of carbonyl (C=O) groups excluding carboxylic acids is 1.